The molecule has 0 spiro atoms. The number of aromatic nitrogens is 24. The van der Waals surface area contributed by atoms with Crippen LogP contribution in [0, 0.1) is 0 Å². The van der Waals surface area contributed by atoms with Gasteiger partial charge in [-0.1, -0.05) is 170 Å². The summed E-state index contributed by atoms with van der Waals surface area (Å²) in [5.41, 5.74) is 17.9. The maximum Gasteiger partial charge on any atom is 0.167 e. The molecule has 12 aromatic heterocycles. The van der Waals surface area contributed by atoms with Crippen LogP contribution in [0.25, 0.3) is 268 Å². The Balaban J connectivity index is 0.000000144. The van der Waals surface area contributed by atoms with E-state index in [4.69, 9.17) is 69.8 Å². The first-order chi connectivity index (χ1) is 65.4. The first-order valence-corrected chi connectivity index (χ1v) is 42.5. The average molecular weight is 1690 g/mol. The standard InChI is InChI=1S/C60H34N12.C48H26N12/c1-3-27-61-47(15-1)37-9-5-11-39(33-37)55-67-56(40-12-6-10-38(34-40)48-16-2-4-28-62-48)69-57(68-55)43-25-21-35-20-24-42-44(26-22-36-19-23-41(43)51(35)52(36)42)58-70-59(45-13-7-17-49-53(45)65-31-29-63-49)72-60(71-58)46-14-8-18-50-54(46)66-32-30-64-50;1-5-35(31-7-3-19-53-39(31)9-1)45-55-43(29-21-49-25-50-22-29)57-47(59-45)37-17-13-27-12-16-34-38(18-14-28-11-15-33(37)41(27)42(28)34)48-58-44(30-23-51-26-52-24-30)56-46(60-48)36-6-2-10-40-32(36)8-4-20-54-40/h1-34H;1-26H. The molecule has 0 saturated heterocycles. The predicted octanol–water partition coefficient (Wildman–Crippen LogP) is 22.6. The van der Waals surface area contributed by atoms with E-state index >= 15 is 0 Å². The normalized spacial score (nSPS) is 11.6. The Morgan fingerprint density at radius 1 is 0.159 bits per heavy atom. The number of para-hydroxylation sites is 2. The number of nitrogens with zero attached hydrogens (tertiary/aromatic N) is 24. The van der Waals surface area contributed by atoms with E-state index < -0.39 is 0 Å². The maximum atomic E-state index is 5.28. The molecule has 26 rings (SSSR count). The first kappa shape index (κ1) is 75.7. The fourth-order valence-electron chi connectivity index (χ4n) is 17.8. The molecule has 0 aliphatic rings. The van der Waals surface area contributed by atoms with Gasteiger partial charge in [-0.2, -0.15) is 0 Å². The number of fused-ring (bicyclic) bond motifs is 4. The van der Waals surface area contributed by atoms with E-state index in [-0.39, 0.29) is 0 Å². The second-order valence-corrected chi connectivity index (χ2v) is 31.6. The fourth-order valence-corrected chi connectivity index (χ4v) is 17.8. The minimum absolute atomic E-state index is 0.465. The van der Waals surface area contributed by atoms with Gasteiger partial charge in [0.05, 0.1) is 55.6 Å². The van der Waals surface area contributed by atoms with Crippen molar-refractivity contribution in [2.75, 3.05) is 0 Å². The molecule has 14 aromatic carbocycles. The Morgan fingerprint density at radius 2 is 0.439 bits per heavy atom. The largest absolute Gasteiger partial charge is 0.256 e. The molecular weight excluding hydrogens is 1630 g/mol. The van der Waals surface area contributed by atoms with Crippen molar-refractivity contribution in [3.63, 3.8) is 0 Å². The van der Waals surface area contributed by atoms with Gasteiger partial charge >= 0.3 is 0 Å². The van der Waals surface area contributed by atoms with Gasteiger partial charge in [0, 0.05) is 152 Å². The molecule has 612 valence electrons. The van der Waals surface area contributed by atoms with Crippen LogP contribution < -0.4 is 0 Å². The number of benzene rings is 14. The van der Waals surface area contributed by atoms with E-state index in [2.05, 4.69) is 171 Å². The molecule has 12 heterocycles. The second-order valence-electron chi connectivity index (χ2n) is 31.6. The first-order valence-electron chi connectivity index (χ1n) is 42.5. The average Bonchev–Trinajstić information content (AvgIpc) is 0.724. The third-order valence-corrected chi connectivity index (χ3v) is 23.9. The summed E-state index contributed by atoms with van der Waals surface area (Å²) in [6.07, 6.45) is 23.8. The van der Waals surface area contributed by atoms with Crippen molar-refractivity contribution in [2.45, 2.75) is 0 Å². The van der Waals surface area contributed by atoms with Crippen LogP contribution in [0.1, 0.15) is 0 Å². The molecule has 0 aliphatic carbocycles. The van der Waals surface area contributed by atoms with Gasteiger partial charge in [-0.3, -0.25) is 39.9 Å². The number of rotatable bonds is 14. The highest BCUT2D eigenvalue weighted by Gasteiger charge is 2.27. The Labute approximate surface area is 748 Å². The molecule has 24 nitrogen and oxygen atoms in total. The van der Waals surface area contributed by atoms with E-state index in [1.54, 1.807) is 74.4 Å². The van der Waals surface area contributed by atoms with Gasteiger partial charge in [-0.05, 0) is 174 Å². The molecular formula is C108H60N24. The molecule has 0 aliphatic heterocycles. The summed E-state index contributed by atoms with van der Waals surface area (Å²) in [5.74, 6) is 6.10. The zero-order chi connectivity index (χ0) is 87.1. The quantitative estimate of drug-likeness (QED) is 0.0913. The zero-order valence-corrected chi connectivity index (χ0v) is 69.4. The number of hydrogen-bond acceptors (Lipinski definition) is 24. The molecule has 0 saturated carbocycles. The van der Waals surface area contributed by atoms with Crippen LogP contribution in [0.2, 0.25) is 0 Å². The van der Waals surface area contributed by atoms with E-state index in [1.807, 2.05) is 158 Å². The fraction of sp³-hybridized carbons (Fsp3) is 0. The third-order valence-electron chi connectivity index (χ3n) is 23.9. The molecule has 24 heteroatoms. The van der Waals surface area contributed by atoms with Crippen LogP contribution in [-0.2, 0) is 0 Å². The highest BCUT2D eigenvalue weighted by atomic mass is 15.1. The highest BCUT2D eigenvalue weighted by molar-refractivity contribution is 6.29. The Morgan fingerprint density at radius 3 is 0.803 bits per heavy atom. The predicted molar refractivity (Wildman–Crippen MR) is 514 cm³/mol. The van der Waals surface area contributed by atoms with Crippen LogP contribution in [0.5, 0.6) is 0 Å². The molecule has 0 radical (unpaired) electrons. The van der Waals surface area contributed by atoms with Gasteiger partial charge in [0.1, 0.15) is 12.7 Å². The molecule has 26 aromatic rings. The van der Waals surface area contributed by atoms with Crippen molar-refractivity contribution in [3.8, 4) is 159 Å². The third kappa shape index (κ3) is 13.4. The van der Waals surface area contributed by atoms with Gasteiger partial charge in [-0.15, -0.1) is 0 Å². The molecule has 0 amide bonds. The van der Waals surface area contributed by atoms with Crippen LogP contribution in [0.4, 0.5) is 0 Å². The van der Waals surface area contributed by atoms with Gasteiger partial charge < -0.3 is 0 Å². The summed E-state index contributed by atoms with van der Waals surface area (Å²) < 4.78 is 0. The van der Waals surface area contributed by atoms with Crippen molar-refractivity contribution in [1.82, 2.24) is 120 Å². The van der Waals surface area contributed by atoms with Crippen LogP contribution >= 0.6 is 0 Å². The summed E-state index contributed by atoms with van der Waals surface area (Å²) in [6, 6.07) is 93.9. The lowest BCUT2D eigenvalue weighted by Gasteiger charge is -2.17. The zero-order valence-electron chi connectivity index (χ0n) is 69.4. The Hall–Kier alpha value is -18.8. The molecule has 0 fully saturated rings. The second kappa shape index (κ2) is 31.7. The van der Waals surface area contributed by atoms with Gasteiger partial charge in [-0.25, -0.2) is 79.7 Å². The lowest BCUT2D eigenvalue weighted by atomic mass is 9.89. The molecule has 132 heavy (non-hydrogen) atoms. The van der Waals surface area contributed by atoms with E-state index in [0.717, 1.165) is 176 Å². The highest BCUT2D eigenvalue weighted by Crippen LogP contribution is 2.47. The lowest BCUT2D eigenvalue weighted by molar-refractivity contribution is 1.06. The molecule has 0 bridgehead atoms. The molecule has 0 unspecified atom stereocenters. The van der Waals surface area contributed by atoms with Gasteiger partial charge in [0.15, 0.2) is 69.9 Å². The van der Waals surface area contributed by atoms with E-state index in [9.17, 15) is 0 Å². The van der Waals surface area contributed by atoms with E-state index in [0.29, 0.717) is 92.1 Å². The van der Waals surface area contributed by atoms with Crippen molar-refractivity contribution in [1.29, 1.82) is 0 Å². The van der Waals surface area contributed by atoms with Gasteiger partial charge in [0.2, 0.25) is 0 Å². The summed E-state index contributed by atoms with van der Waals surface area (Å²) in [6.45, 7) is 0. The lowest BCUT2D eigenvalue weighted by Crippen LogP contribution is -2.02. The van der Waals surface area contributed by atoms with Crippen molar-refractivity contribution in [2.24, 2.45) is 0 Å². The topological polar surface area (TPSA) is 309 Å². The van der Waals surface area contributed by atoms with Crippen molar-refractivity contribution in [3.05, 3.63) is 366 Å². The minimum atomic E-state index is 0.465. The molecule has 0 N–H and O–H groups in total. The summed E-state index contributed by atoms with van der Waals surface area (Å²) in [5, 5.41) is 14.5. The number of hydrogen-bond donors (Lipinski definition) is 0. The van der Waals surface area contributed by atoms with E-state index in [1.165, 1.54) is 12.7 Å². The van der Waals surface area contributed by atoms with Crippen LogP contribution in [0.15, 0.2) is 366 Å². The smallest absolute Gasteiger partial charge is 0.167 e. The SMILES string of the molecule is c1cc(-c2nc(-c3cncnc3)nc(-c3ccc4ccc5c(-c6nc(-c7cncnc7)nc(-c7cccc8ncccc78)n6)ccc6ccc3c4c65)n2)c2cccnc2c1.c1ccc(-c2cccc(-c3nc(-c4cccc(-c5ccccn5)c4)nc(-c4ccc5ccc6c(-c7nc(-c8cccc9nccnc89)nc(-c8cccc9nccnc89)n7)ccc7ccc4c5c76)n3)c2)nc1. The minimum Gasteiger partial charge on any atom is -0.256 e. The number of pyridine rings is 4. The van der Waals surface area contributed by atoms with Crippen molar-refractivity contribution < 1.29 is 0 Å². The summed E-state index contributed by atoms with van der Waals surface area (Å²) in [7, 11) is 0. The van der Waals surface area contributed by atoms with Crippen molar-refractivity contribution >= 4 is 109 Å². The Kier molecular flexibility index (Phi) is 18.2. The summed E-state index contributed by atoms with van der Waals surface area (Å²) in [4.78, 5) is 116. The summed E-state index contributed by atoms with van der Waals surface area (Å²) >= 11 is 0. The monoisotopic (exact) mass is 1690 g/mol. The Bertz CT molecular complexity index is 8620. The maximum absolute atomic E-state index is 5.28. The van der Waals surface area contributed by atoms with Crippen LogP contribution in [-0.4, -0.2) is 120 Å². The molecule has 0 atom stereocenters. The van der Waals surface area contributed by atoms with Gasteiger partial charge in [0.25, 0.3) is 0 Å². The van der Waals surface area contributed by atoms with Crippen LogP contribution in [0.3, 0.4) is 0 Å².